The molecule has 0 saturated carbocycles. The maximum atomic E-state index is 12.9. The van der Waals surface area contributed by atoms with Gasteiger partial charge in [-0.05, 0) is 43.9 Å². The van der Waals surface area contributed by atoms with Crippen molar-refractivity contribution >= 4 is 17.6 Å². The summed E-state index contributed by atoms with van der Waals surface area (Å²) < 4.78 is 39.5. The van der Waals surface area contributed by atoms with Gasteiger partial charge in [-0.1, -0.05) is 17.7 Å². The summed E-state index contributed by atoms with van der Waals surface area (Å²) in [6, 6.07) is 8.52. The first kappa shape index (κ1) is 23.4. The highest BCUT2D eigenvalue weighted by molar-refractivity contribution is 5.89. The van der Waals surface area contributed by atoms with Crippen molar-refractivity contribution in [2.24, 2.45) is 5.92 Å². The number of nitrogens with one attached hydrogen (secondary N) is 2. The highest BCUT2D eigenvalue weighted by Gasteiger charge is 2.31. The zero-order chi connectivity index (χ0) is 23.3. The number of aromatic nitrogens is 1. The van der Waals surface area contributed by atoms with E-state index < -0.39 is 29.8 Å². The number of nitrogens with zero attached hydrogens (tertiary/aromatic N) is 2. The largest absolute Gasteiger partial charge is 0.417 e. The summed E-state index contributed by atoms with van der Waals surface area (Å²) in [5.74, 6) is -0.421. The highest BCUT2D eigenvalue weighted by atomic mass is 19.4. The van der Waals surface area contributed by atoms with Gasteiger partial charge in [-0.15, -0.1) is 0 Å². The summed E-state index contributed by atoms with van der Waals surface area (Å²) in [6.07, 6.45) is -2.43. The second-order valence-electron chi connectivity index (χ2n) is 7.93. The summed E-state index contributed by atoms with van der Waals surface area (Å²) in [6.45, 7) is 2.65. The molecule has 2 aromatic rings. The van der Waals surface area contributed by atoms with Crippen LogP contribution < -0.4 is 16.2 Å². The van der Waals surface area contributed by atoms with Gasteiger partial charge in [-0.25, -0.2) is 4.79 Å². The minimum absolute atomic E-state index is 0.00898. The smallest absolute Gasteiger partial charge is 0.341 e. The highest BCUT2D eigenvalue weighted by Crippen LogP contribution is 2.28. The number of alkyl halides is 3. The monoisotopic (exact) mass is 450 g/mol. The molecule has 2 N–H and O–H groups in total. The van der Waals surface area contributed by atoms with Crippen molar-refractivity contribution in [3.05, 3.63) is 64.1 Å². The molecule has 0 bridgehead atoms. The van der Waals surface area contributed by atoms with Gasteiger partial charge in [0.05, 0.1) is 5.56 Å². The summed E-state index contributed by atoms with van der Waals surface area (Å²) in [7, 11) is 0. The van der Waals surface area contributed by atoms with Gasteiger partial charge in [0.2, 0.25) is 5.91 Å². The number of carbonyl (C=O) groups is 2. The number of carbonyl (C=O) groups excluding carboxylic acids is 2. The number of piperidine rings is 1. The van der Waals surface area contributed by atoms with Crippen LogP contribution in [0.5, 0.6) is 0 Å². The fourth-order valence-electron chi connectivity index (χ4n) is 3.58. The van der Waals surface area contributed by atoms with Crippen LogP contribution in [0, 0.1) is 12.8 Å². The van der Waals surface area contributed by atoms with Crippen molar-refractivity contribution in [2.75, 3.05) is 25.0 Å². The molecule has 1 unspecified atom stereocenters. The summed E-state index contributed by atoms with van der Waals surface area (Å²) >= 11 is 0. The second-order valence-corrected chi connectivity index (χ2v) is 7.93. The minimum atomic E-state index is -4.60. The van der Waals surface area contributed by atoms with Gasteiger partial charge < -0.3 is 20.1 Å². The van der Waals surface area contributed by atoms with Crippen LogP contribution in [-0.2, 0) is 17.5 Å². The molecule has 172 valence electrons. The van der Waals surface area contributed by atoms with Crippen LogP contribution in [0.3, 0.4) is 0 Å². The number of halogens is 3. The lowest BCUT2D eigenvalue weighted by atomic mass is 9.98. The van der Waals surface area contributed by atoms with E-state index in [0.29, 0.717) is 44.0 Å². The summed E-state index contributed by atoms with van der Waals surface area (Å²) in [5, 5.41) is 5.53. The van der Waals surface area contributed by atoms with Crippen molar-refractivity contribution in [3.8, 4) is 0 Å². The van der Waals surface area contributed by atoms with E-state index >= 15 is 0 Å². The SMILES string of the molecule is Cc1ccc(NC(=O)NCC2CCCN(C(=O)Cn3cc(C(F)(F)F)ccc3=O)C2)cc1. The van der Waals surface area contributed by atoms with Crippen LogP contribution in [0.2, 0.25) is 0 Å². The van der Waals surface area contributed by atoms with Crippen molar-refractivity contribution in [1.82, 2.24) is 14.8 Å². The Bertz CT molecular complexity index is 1020. The van der Waals surface area contributed by atoms with E-state index in [0.717, 1.165) is 22.6 Å². The van der Waals surface area contributed by atoms with Crippen LogP contribution in [0.1, 0.15) is 24.0 Å². The Balaban J connectivity index is 1.53. The predicted octanol–water partition coefficient (Wildman–Crippen LogP) is 3.24. The molecule has 2 heterocycles. The predicted molar refractivity (Wildman–Crippen MR) is 113 cm³/mol. The Morgan fingerprint density at radius 3 is 2.53 bits per heavy atom. The maximum Gasteiger partial charge on any atom is 0.417 e. The van der Waals surface area contributed by atoms with Gasteiger partial charge in [0.1, 0.15) is 6.54 Å². The number of hydrogen-bond donors (Lipinski definition) is 2. The molecule has 0 spiro atoms. The summed E-state index contributed by atoms with van der Waals surface area (Å²) in [5.41, 5.74) is 0.0926. The number of benzene rings is 1. The van der Waals surface area contributed by atoms with Crippen LogP contribution >= 0.6 is 0 Å². The van der Waals surface area contributed by atoms with E-state index in [1.54, 1.807) is 12.1 Å². The number of urea groups is 1. The molecule has 0 aliphatic carbocycles. The van der Waals surface area contributed by atoms with Crippen LogP contribution in [0.4, 0.5) is 23.7 Å². The molecule has 1 saturated heterocycles. The molecule has 1 aromatic carbocycles. The average Bonchev–Trinajstić information content (AvgIpc) is 2.75. The van der Waals surface area contributed by atoms with Gasteiger partial charge >= 0.3 is 12.2 Å². The molecule has 1 aliphatic rings. The number of rotatable bonds is 5. The average molecular weight is 450 g/mol. The van der Waals surface area contributed by atoms with E-state index in [-0.39, 0.29) is 11.9 Å². The van der Waals surface area contributed by atoms with Crippen LogP contribution in [0.15, 0.2) is 47.4 Å². The zero-order valence-corrected chi connectivity index (χ0v) is 17.6. The molecular formula is C22H25F3N4O3. The van der Waals surface area contributed by atoms with Crippen molar-refractivity contribution in [2.45, 2.75) is 32.5 Å². The number of hydrogen-bond acceptors (Lipinski definition) is 3. The molecule has 7 nitrogen and oxygen atoms in total. The molecule has 3 amide bonds. The van der Waals surface area contributed by atoms with Crippen molar-refractivity contribution in [3.63, 3.8) is 0 Å². The second kappa shape index (κ2) is 9.88. The number of aryl methyl sites for hydroxylation is 1. The number of pyridine rings is 1. The molecule has 1 aromatic heterocycles. The molecule has 3 rings (SSSR count). The lowest BCUT2D eigenvalue weighted by Gasteiger charge is -2.33. The molecule has 1 fully saturated rings. The Labute approximate surface area is 183 Å². The molecule has 1 aliphatic heterocycles. The van der Waals surface area contributed by atoms with E-state index in [4.69, 9.17) is 0 Å². The quantitative estimate of drug-likeness (QED) is 0.734. The fraction of sp³-hybridized carbons (Fsp3) is 0.409. The molecule has 10 heteroatoms. The Morgan fingerprint density at radius 1 is 1.12 bits per heavy atom. The van der Waals surface area contributed by atoms with E-state index in [1.807, 2.05) is 19.1 Å². The van der Waals surface area contributed by atoms with Crippen molar-refractivity contribution in [1.29, 1.82) is 0 Å². The third-order valence-corrected chi connectivity index (χ3v) is 5.35. The van der Waals surface area contributed by atoms with E-state index in [9.17, 15) is 27.6 Å². The fourth-order valence-corrected chi connectivity index (χ4v) is 3.58. The zero-order valence-electron chi connectivity index (χ0n) is 17.6. The first-order valence-electron chi connectivity index (χ1n) is 10.3. The molecular weight excluding hydrogens is 425 g/mol. The maximum absolute atomic E-state index is 12.9. The van der Waals surface area contributed by atoms with Gasteiger partial charge in [-0.2, -0.15) is 13.2 Å². The lowest BCUT2D eigenvalue weighted by Crippen LogP contribution is -2.46. The standard InChI is InChI=1S/C22H25F3N4O3/c1-15-4-7-18(8-5-15)27-21(32)26-11-16-3-2-10-28(12-16)20(31)14-29-13-17(22(23,24)25)6-9-19(29)30/h4-9,13,16H,2-3,10-12,14H2,1H3,(H2,26,27,32). The first-order valence-corrected chi connectivity index (χ1v) is 10.3. The van der Waals surface area contributed by atoms with Crippen LogP contribution in [-0.4, -0.2) is 41.0 Å². The molecule has 32 heavy (non-hydrogen) atoms. The molecule has 1 atom stereocenters. The third-order valence-electron chi connectivity index (χ3n) is 5.35. The number of likely N-dealkylation sites (tertiary alicyclic amines) is 1. The van der Waals surface area contributed by atoms with Gasteiger partial charge in [0, 0.05) is 37.6 Å². The topological polar surface area (TPSA) is 83.4 Å². The van der Waals surface area contributed by atoms with E-state index in [1.165, 1.54) is 4.90 Å². The number of anilines is 1. The first-order chi connectivity index (χ1) is 15.1. The Kier molecular flexibility index (Phi) is 7.22. The van der Waals surface area contributed by atoms with Crippen molar-refractivity contribution < 1.29 is 22.8 Å². The van der Waals surface area contributed by atoms with Gasteiger partial charge in [-0.3, -0.25) is 9.59 Å². The lowest BCUT2D eigenvalue weighted by molar-refractivity contribution is -0.139. The normalized spacial score (nSPS) is 16.5. The van der Waals surface area contributed by atoms with Crippen LogP contribution in [0.25, 0.3) is 0 Å². The van der Waals surface area contributed by atoms with E-state index in [2.05, 4.69) is 10.6 Å². The summed E-state index contributed by atoms with van der Waals surface area (Å²) in [4.78, 5) is 38.2. The van der Waals surface area contributed by atoms with Gasteiger partial charge in [0.15, 0.2) is 0 Å². The van der Waals surface area contributed by atoms with Gasteiger partial charge in [0.25, 0.3) is 5.56 Å². The number of amides is 3. The molecule has 0 radical (unpaired) electrons. The Morgan fingerprint density at radius 2 is 1.84 bits per heavy atom. The Hall–Kier alpha value is -3.30. The third kappa shape index (κ3) is 6.35. The minimum Gasteiger partial charge on any atom is -0.341 e.